The number of rotatable bonds is 5. The summed E-state index contributed by atoms with van der Waals surface area (Å²) in [5.74, 6) is 0.0555. The first kappa shape index (κ1) is 18.8. The number of thiazole rings is 1. The third kappa shape index (κ3) is 4.03. The molecule has 0 fully saturated rings. The molecule has 0 spiro atoms. The Kier molecular flexibility index (Phi) is 5.55. The van der Waals surface area contributed by atoms with E-state index in [9.17, 15) is 9.59 Å². The fraction of sp³-hybridized carbons (Fsp3) is 0.222. The van der Waals surface area contributed by atoms with E-state index in [-0.39, 0.29) is 23.4 Å². The van der Waals surface area contributed by atoms with Crippen LogP contribution in [0, 0.1) is 0 Å². The lowest BCUT2D eigenvalue weighted by molar-refractivity contribution is -0.118. The summed E-state index contributed by atoms with van der Waals surface area (Å²) in [6.45, 7) is 3.73. The van der Waals surface area contributed by atoms with Crippen LogP contribution in [-0.2, 0) is 4.79 Å². The summed E-state index contributed by atoms with van der Waals surface area (Å²) in [5, 5.41) is 3.59. The Morgan fingerprint density at radius 3 is 2.69 bits per heavy atom. The first-order chi connectivity index (χ1) is 12.3. The predicted molar refractivity (Wildman–Crippen MR) is 107 cm³/mol. The minimum Gasteiger partial charge on any atom is -0.482 e. The zero-order valence-corrected chi connectivity index (χ0v) is 16.4. The van der Waals surface area contributed by atoms with E-state index in [1.807, 2.05) is 19.9 Å². The number of aromatic nitrogens is 1. The second-order valence-electron chi connectivity index (χ2n) is 5.93. The van der Waals surface area contributed by atoms with E-state index in [2.05, 4.69) is 5.32 Å². The summed E-state index contributed by atoms with van der Waals surface area (Å²) in [7, 11) is 0. The van der Waals surface area contributed by atoms with E-state index in [4.69, 9.17) is 27.9 Å². The summed E-state index contributed by atoms with van der Waals surface area (Å²) in [4.78, 5) is 24.2. The molecular weight excluding hydrogens is 395 g/mol. The highest BCUT2D eigenvalue weighted by Gasteiger charge is 2.12. The second-order valence-corrected chi connectivity index (χ2v) is 7.76. The van der Waals surface area contributed by atoms with Crippen molar-refractivity contribution in [2.45, 2.75) is 19.9 Å². The molecule has 1 heterocycles. The topological polar surface area (TPSA) is 60.3 Å². The molecule has 1 N–H and O–H groups in total. The number of carbonyl (C=O) groups is 1. The molecule has 0 saturated carbocycles. The van der Waals surface area contributed by atoms with Crippen LogP contribution in [-0.4, -0.2) is 17.1 Å². The molecule has 0 atom stereocenters. The summed E-state index contributed by atoms with van der Waals surface area (Å²) in [6, 6.07) is 10.2. The molecular formula is C18H16Cl2N2O3S. The van der Waals surface area contributed by atoms with Gasteiger partial charge in [0.15, 0.2) is 6.61 Å². The molecule has 0 bridgehead atoms. The number of ether oxygens (including phenoxy) is 1. The Bertz CT molecular complexity index is 1030. The van der Waals surface area contributed by atoms with Crippen molar-refractivity contribution in [2.24, 2.45) is 0 Å². The van der Waals surface area contributed by atoms with Gasteiger partial charge in [-0.05, 0) is 50.2 Å². The molecule has 0 aliphatic carbocycles. The largest absolute Gasteiger partial charge is 0.482 e. The van der Waals surface area contributed by atoms with E-state index in [1.165, 1.54) is 0 Å². The van der Waals surface area contributed by atoms with Crippen LogP contribution >= 0.6 is 34.5 Å². The van der Waals surface area contributed by atoms with E-state index >= 15 is 0 Å². The molecule has 1 amide bonds. The average Bonchev–Trinajstić information content (AvgIpc) is 2.89. The summed E-state index contributed by atoms with van der Waals surface area (Å²) >= 11 is 13.0. The van der Waals surface area contributed by atoms with Crippen LogP contribution < -0.4 is 14.9 Å². The first-order valence-corrected chi connectivity index (χ1v) is 9.45. The van der Waals surface area contributed by atoms with Gasteiger partial charge in [-0.15, -0.1) is 0 Å². The second kappa shape index (κ2) is 7.70. The van der Waals surface area contributed by atoms with Crippen molar-refractivity contribution in [3.8, 4) is 5.75 Å². The monoisotopic (exact) mass is 410 g/mol. The maximum atomic E-state index is 12.1. The number of hydrogen-bond donors (Lipinski definition) is 1. The van der Waals surface area contributed by atoms with Crippen molar-refractivity contribution < 1.29 is 9.53 Å². The van der Waals surface area contributed by atoms with E-state index in [0.717, 1.165) is 21.6 Å². The maximum Gasteiger partial charge on any atom is 0.308 e. The molecule has 0 aliphatic rings. The average molecular weight is 411 g/mol. The molecule has 2 aromatic carbocycles. The van der Waals surface area contributed by atoms with Crippen LogP contribution in [0.5, 0.6) is 5.75 Å². The van der Waals surface area contributed by atoms with Crippen molar-refractivity contribution >= 4 is 56.3 Å². The van der Waals surface area contributed by atoms with Gasteiger partial charge in [-0.3, -0.25) is 14.2 Å². The van der Waals surface area contributed by atoms with Crippen LogP contribution in [0.15, 0.2) is 41.2 Å². The highest BCUT2D eigenvalue weighted by Crippen LogP contribution is 2.27. The van der Waals surface area contributed by atoms with Gasteiger partial charge in [0.05, 0.1) is 15.2 Å². The maximum absolute atomic E-state index is 12.1. The van der Waals surface area contributed by atoms with Crippen LogP contribution in [0.4, 0.5) is 5.69 Å². The van der Waals surface area contributed by atoms with E-state index in [0.29, 0.717) is 21.5 Å². The third-order valence-electron chi connectivity index (χ3n) is 3.67. The minimum atomic E-state index is -0.328. The highest BCUT2D eigenvalue weighted by molar-refractivity contribution is 7.16. The Morgan fingerprint density at radius 2 is 2.00 bits per heavy atom. The smallest absolute Gasteiger partial charge is 0.308 e. The van der Waals surface area contributed by atoms with Gasteiger partial charge in [-0.2, -0.15) is 0 Å². The predicted octanol–water partition coefficient (Wildman–Crippen LogP) is 4.97. The summed E-state index contributed by atoms with van der Waals surface area (Å²) in [6.07, 6.45) is 0. The third-order valence-corrected chi connectivity index (χ3v) is 5.11. The van der Waals surface area contributed by atoms with E-state index < -0.39 is 0 Å². The number of halogens is 2. The van der Waals surface area contributed by atoms with Gasteiger partial charge < -0.3 is 10.1 Å². The fourth-order valence-electron chi connectivity index (χ4n) is 2.54. The molecule has 3 aromatic rings. The van der Waals surface area contributed by atoms with Crippen molar-refractivity contribution in [3.05, 3.63) is 56.1 Å². The standard InChI is InChI=1S/C18H16Cl2N2O3S/c1-10(2)22-14-5-4-12(8-16(14)26-18(22)24)21-17(23)9-25-15-6-3-11(19)7-13(15)20/h3-8,10H,9H2,1-2H3,(H,21,23). The highest BCUT2D eigenvalue weighted by atomic mass is 35.5. The summed E-state index contributed by atoms with van der Waals surface area (Å²) in [5.41, 5.74) is 1.46. The lowest BCUT2D eigenvalue weighted by Crippen LogP contribution is -2.20. The molecule has 0 aliphatic heterocycles. The number of benzene rings is 2. The van der Waals surface area contributed by atoms with Gasteiger partial charge in [0.1, 0.15) is 5.75 Å². The molecule has 1 aromatic heterocycles. The molecule has 0 radical (unpaired) electrons. The Morgan fingerprint density at radius 1 is 1.23 bits per heavy atom. The normalized spacial score (nSPS) is 11.1. The van der Waals surface area contributed by atoms with E-state index in [1.54, 1.807) is 34.9 Å². The van der Waals surface area contributed by atoms with Gasteiger partial charge in [0.2, 0.25) is 0 Å². The molecule has 3 rings (SSSR count). The van der Waals surface area contributed by atoms with Crippen molar-refractivity contribution in [1.29, 1.82) is 0 Å². The fourth-order valence-corrected chi connectivity index (χ4v) is 4.05. The molecule has 136 valence electrons. The number of nitrogens with zero attached hydrogens (tertiary/aromatic N) is 1. The zero-order valence-electron chi connectivity index (χ0n) is 14.1. The molecule has 8 heteroatoms. The lowest BCUT2D eigenvalue weighted by atomic mass is 10.2. The lowest BCUT2D eigenvalue weighted by Gasteiger charge is -2.10. The summed E-state index contributed by atoms with van der Waals surface area (Å²) < 4.78 is 7.97. The number of hydrogen-bond acceptors (Lipinski definition) is 4. The first-order valence-electron chi connectivity index (χ1n) is 7.88. The van der Waals surface area contributed by atoms with Crippen LogP contribution in [0.1, 0.15) is 19.9 Å². The number of anilines is 1. The molecule has 0 unspecified atom stereocenters. The number of fused-ring (bicyclic) bond motifs is 1. The quantitative estimate of drug-likeness (QED) is 0.645. The number of carbonyl (C=O) groups excluding carboxylic acids is 1. The minimum absolute atomic E-state index is 0.0146. The Hall–Kier alpha value is -2.02. The Labute approximate surface area is 164 Å². The van der Waals surface area contributed by atoms with Crippen molar-refractivity contribution in [3.63, 3.8) is 0 Å². The van der Waals surface area contributed by atoms with Gasteiger partial charge in [0, 0.05) is 16.8 Å². The van der Waals surface area contributed by atoms with Gasteiger partial charge in [0.25, 0.3) is 5.91 Å². The van der Waals surface area contributed by atoms with Gasteiger partial charge >= 0.3 is 4.87 Å². The van der Waals surface area contributed by atoms with Crippen molar-refractivity contribution in [1.82, 2.24) is 4.57 Å². The van der Waals surface area contributed by atoms with Gasteiger partial charge in [-0.25, -0.2) is 0 Å². The van der Waals surface area contributed by atoms with Gasteiger partial charge in [-0.1, -0.05) is 34.5 Å². The Balaban J connectivity index is 1.70. The zero-order chi connectivity index (χ0) is 18.8. The number of nitrogens with one attached hydrogen (secondary N) is 1. The molecule has 0 saturated heterocycles. The molecule has 26 heavy (non-hydrogen) atoms. The van der Waals surface area contributed by atoms with Crippen LogP contribution in [0.25, 0.3) is 10.2 Å². The molecule has 5 nitrogen and oxygen atoms in total. The van der Waals surface area contributed by atoms with Crippen LogP contribution in [0.3, 0.4) is 0 Å². The SMILES string of the molecule is CC(C)n1c(=O)sc2cc(NC(=O)COc3ccc(Cl)cc3Cl)ccc21. The van der Waals surface area contributed by atoms with Crippen molar-refractivity contribution in [2.75, 3.05) is 11.9 Å². The number of amides is 1. The van der Waals surface area contributed by atoms with Crippen LogP contribution in [0.2, 0.25) is 10.0 Å².